The van der Waals surface area contributed by atoms with Gasteiger partial charge in [-0.3, -0.25) is 9.89 Å². The van der Waals surface area contributed by atoms with E-state index in [1.54, 1.807) is 0 Å². The minimum absolute atomic E-state index is 0.428. The van der Waals surface area contributed by atoms with Crippen LogP contribution in [0.5, 0.6) is 0 Å². The van der Waals surface area contributed by atoms with Gasteiger partial charge in [0, 0.05) is 65.6 Å². The van der Waals surface area contributed by atoms with E-state index in [2.05, 4.69) is 32.2 Å². The number of aryl methyl sites for hydroxylation is 1. The summed E-state index contributed by atoms with van der Waals surface area (Å²) in [5.74, 6) is 1.91. The average molecular weight is 364 g/mol. The van der Waals surface area contributed by atoms with Crippen LogP contribution in [-0.2, 0) is 11.3 Å². The minimum atomic E-state index is 0.428. The Hall–Kier alpha value is -1.60. The van der Waals surface area contributed by atoms with Crippen LogP contribution in [-0.4, -0.2) is 73.9 Å². The normalized spacial score (nSPS) is 20.4. The highest BCUT2D eigenvalue weighted by molar-refractivity contribution is 5.80. The molecule has 1 aliphatic carbocycles. The van der Waals surface area contributed by atoms with Gasteiger partial charge in [0.1, 0.15) is 5.76 Å². The van der Waals surface area contributed by atoms with Crippen molar-refractivity contribution in [2.75, 3.05) is 53.0 Å². The van der Waals surface area contributed by atoms with Crippen molar-refractivity contribution in [1.82, 2.24) is 20.3 Å². The number of ether oxygens (including phenoxy) is 1. The highest BCUT2D eigenvalue weighted by atomic mass is 16.5. The summed E-state index contributed by atoms with van der Waals surface area (Å²) in [6.45, 7) is 11.5. The fourth-order valence-electron chi connectivity index (χ4n) is 3.56. The first-order chi connectivity index (χ1) is 12.6. The Kier molecular flexibility index (Phi) is 6.53. The summed E-state index contributed by atoms with van der Waals surface area (Å²) in [5, 5.41) is 7.71. The Morgan fingerprint density at radius 2 is 2.12 bits per heavy atom. The number of nitrogens with zero attached hydrogens (tertiary/aromatic N) is 4. The summed E-state index contributed by atoms with van der Waals surface area (Å²) in [5.41, 5.74) is 1.45. The molecule has 7 nitrogen and oxygen atoms in total. The zero-order valence-electron chi connectivity index (χ0n) is 16.5. The third-order valence-corrected chi connectivity index (χ3v) is 5.51. The standard InChI is InChI=1S/C19H33N5O2/c1-4-25-12-7-19(5-6-19)15-21-18(20-3)24-10-8-23(9-11-24)14-17-13-16(2)26-22-17/h13H,4-12,14-15H2,1-3H3,(H,20,21). The first-order valence-electron chi connectivity index (χ1n) is 9.82. The van der Waals surface area contributed by atoms with Crippen molar-refractivity contribution >= 4 is 5.96 Å². The molecule has 7 heteroatoms. The van der Waals surface area contributed by atoms with Crippen LogP contribution in [0.2, 0.25) is 0 Å². The van der Waals surface area contributed by atoms with E-state index >= 15 is 0 Å². The van der Waals surface area contributed by atoms with Gasteiger partial charge in [0.05, 0.1) is 5.69 Å². The van der Waals surface area contributed by atoms with Gasteiger partial charge in [0.25, 0.3) is 0 Å². The first kappa shape index (κ1) is 19.2. The van der Waals surface area contributed by atoms with Gasteiger partial charge in [0.2, 0.25) is 0 Å². The molecule has 1 saturated carbocycles. The minimum Gasteiger partial charge on any atom is -0.382 e. The summed E-state index contributed by atoms with van der Waals surface area (Å²) in [4.78, 5) is 9.29. The molecule has 0 atom stereocenters. The molecule has 0 aromatic carbocycles. The van der Waals surface area contributed by atoms with Crippen LogP contribution in [0.25, 0.3) is 0 Å². The van der Waals surface area contributed by atoms with Crippen LogP contribution >= 0.6 is 0 Å². The predicted molar refractivity (Wildman–Crippen MR) is 102 cm³/mol. The second kappa shape index (κ2) is 8.86. The lowest BCUT2D eigenvalue weighted by atomic mass is 10.0. The zero-order chi connectivity index (χ0) is 18.4. The number of aromatic nitrogens is 1. The van der Waals surface area contributed by atoms with Gasteiger partial charge < -0.3 is 19.5 Å². The first-order valence-corrected chi connectivity index (χ1v) is 9.82. The van der Waals surface area contributed by atoms with Crippen LogP contribution in [0, 0.1) is 12.3 Å². The molecule has 1 N–H and O–H groups in total. The van der Waals surface area contributed by atoms with Gasteiger partial charge in [-0.1, -0.05) is 5.16 Å². The molecule has 0 spiro atoms. The Morgan fingerprint density at radius 3 is 2.69 bits per heavy atom. The molecule has 1 aromatic heterocycles. The maximum absolute atomic E-state index is 5.54. The lowest BCUT2D eigenvalue weighted by Gasteiger charge is -2.36. The lowest BCUT2D eigenvalue weighted by Crippen LogP contribution is -2.52. The Morgan fingerprint density at radius 1 is 1.35 bits per heavy atom. The van der Waals surface area contributed by atoms with Crippen LogP contribution in [0.4, 0.5) is 0 Å². The van der Waals surface area contributed by atoms with Gasteiger partial charge in [-0.2, -0.15) is 0 Å². The van der Waals surface area contributed by atoms with Gasteiger partial charge in [-0.25, -0.2) is 0 Å². The maximum atomic E-state index is 5.54. The van der Waals surface area contributed by atoms with Crippen molar-refractivity contribution in [3.8, 4) is 0 Å². The number of piperazine rings is 1. The van der Waals surface area contributed by atoms with Gasteiger partial charge in [-0.05, 0) is 38.5 Å². The molecule has 26 heavy (non-hydrogen) atoms. The largest absolute Gasteiger partial charge is 0.382 e. The van der Waals surface area contributed by atoms with Crippen molar-refractivity contribution in [3.63, 3.8) is 0 Å². The molecule has 0 bridgehead atoms. The Balaban J connectivity index is 1.41. The van der Waals surface area contributed by atoms with Crippen molar-refractivity contribution in [2.24, 2.45) is 10.4 Å². The summed E-state index contributed by atoms with van der Waals surface area (Å²) in [7, 11) is 1.88. The predicted octanol–water partition coefficient (Wildman–Crippen LogP) is 1.88. The molecule has 0 radical (unpaired) electrons. The second-order valence-corrected chi connectivity index (χ2v) is 7.54. The molecule has 2 fully saturated rings. The third-order valence-electron chi connectivity index (χ3n) is 5.51. The van der Waals surface area contributed by atoms with Gasteiger partial charge in [-0.15, -0.1) is 0 Å². The highest BCUT2D eigenvalue weighted by Crippen LogP contribution is 2.48. The van der Waals surface area contributed by atoms with Crippen LogP contribution in [0.15, 0.2) is 15.6 Å². The van der Waals surface area contributed by atoms with E-state index < -0.39 is 0 Å². The van der Waals surface area contributed by atoms with E-state index in [1.165, 1.54) is 12.8 Å². The number of aliphatic imine (C=N–C) groups is 1. The number of guanidine groups is 1. The molecular formula is C19H33N5O2. The summed E-state index contributed by atoms with van der Waals surface area (Å²) >= 11 is 0. The fourth-order valence-corrected chi connectivity index (χ4v) is 3.56. The summed E-state index contributed by atoms with van der Waals surface area (Å²) < 4.78 is 10.7. The van der Waals surface area contributed by atoms with E-state index in [-0.39, 0.29) is 0 Å². The molecule has 146 valence electrons. The molecule has 1 saturated heterocycles. The highest BCUT2D eigenvalue weighted by Gasteiger charge is 2.42. The quantitative estimate of drug-likeness (QED) is 0.432. The molecule has 3 rings (SSSR count). The number of nitrogens with one attached hydrogen (secondary N) is 1. The number of rotatable bonds is 8. The van der Waals surface area contributed by atoms with Crippen LogP contribution < -0.4 is 5.32 Å². The van der Waals surface area contributed by atoms with E-state index in [0.29, 0.717) is 5.41 Å². The zero-order valence-corrected chi connectivity index (χ0v) is 16.5. The second-order valence-electron chi connectivity index (χ2n) is 7.54. The monoisotopic (exact) mass is 363 g/mol. The van der Waals surface area contributed by atoms with E-state index in [1.807, 2.05) is 20.0 Å². The molecule has 0 unspecified atom stereocenters. The van der Waals surface area contributed by atoms with E-state index in [0.717, 1.165) is 76.3 Å². The summed E-state index contributed by atoms with van der Waals surface area (Å²) in [6.07, 6.45) is 3.75. The molecule has 2 heterocycles. The van der Waals surface area contributed by atoms with Crippen LogP contribution in [0.3, 0.4) is 0 Å². The molecule has 1 aliphatic heterocycles. The van der Waals surface area contributed by atoms with E-state index in [9.17, 15) is 0 Å². The average Bonchev–Trinajstić information content (AvgIpc) is 3.30. The topological polar surface area (TPSA) is 66.1 Å². The molecule has 0 amide bonds. The Labute approximate surface area is 156 Å². The van der Waals surface area contributed by atoms with Crippen molar-refractivity contribution in [1.29, 1.82) is 0 Å². The third kappa shape index (κ3) is 5.20. The summed E-state index contributed by atoms with van der Waals surface area (Å²) in [6, 6.07) is 2.02. The van der Waals surface area contributed by atoms with Crippen molar-refractivity contribution < 1.29 is 9.26 Å². The molecule has 1 aromatic rings. The molecule has 2 aliphatic rings. The van der Waals surface area contributed by atoms with Gasteiger partial charge >= 0.3 is 0 Å². The smallest absolute Gasteiger partial charge is 0.193 e. The molecular weight excluding hydrogens is 330 g/mol. The van der Waals surface area contributed by atoms with Crippen molar-refractivity contribution in [3.05, 3.63) is 17.5 Å². The Bertz CT molecular complexity index is 589. The number of hydrogen-bond donors (Lipinski definition) is 1. The lowest BCUT2D eigenvalue weighted by molar-refractivity contribution is 0.128. The maximum Gasteiger partial charge on any atom is 0.193 e. The SMILES string of the molecule is CCOCCC1(CNC(=NC)N2CCN(Cc3cc(C)on3)CC2)CC1. The van der Waals surface area contributed by atoms with Crippen LogP contribution in [0.1, 0.15) is 37.6 Å². The van der Waals surface area contributed by atoms with Crippen molar-refractivity contribution in [2.45, 2.75) is 39.7 Å². The van der Waals surface area contributed by atoms with Gasteiger partial charge in [0.15, 0.2) is 5.96 Å². The number of hydrogen-bond acceptors (Lipinski definition) is 5. The van der Waals surface area contributed by atoms with E-state index in [4.69, 9.17) is 9.26 Å². The fraction of sp³-hybridized carbons (Fsp3) is 0.789.